The summed E-state index contributed by atoms with van der Waals surface area (Å²) in [6.45, 7) is 2.16. The third kappa shape index (κ3) is 3.72. The first-order valence-electron chi connectivity index (χ1n) is 8.72. The summed E-state index contributed by atoms with van der Waals surface area (Å²) in [6, 6.07) is 4.17. The van der Waals surface area contributed by atoms with Gasteiger partial charge in [-0.1, -0.05) is 6.07 Å². The molecule has 0 aliphatic carbocycles. The van der Waals surface area contributed by atoms with Crippen LogP contribution in [0.4, 0.5) is 5.69 Å². The standard InChI is InChI=1S/C18H21N5O4/c1-10-20-16-11(4-3-5-12(16)21-15(25)8-9-19-2)18(27)23(10)13-6-7-14(24)22-17(13)26/h3-5,13,19H,6-9H2,1-2H3,(H,21,25)(H,22,24,26). The van der Waals surface area contributed by atoms with Crippen molar-refractivity contribution in [1.82, 2.24) is 20.2 Å². The Morgan fingerprint density at radius 2 is 2.11 bits per heavy atom. The molecule has 3 amide bonds. The van der Waals surface area contributed by atoms with Crippen molar-refractivity contribution in [2.75, 3.05) is 18.9 Å². The average molecular weight is 371 g/mol. The average Bonchev–Trinajstić information content (AvgIpc) is 2.62. The number of para-hydroxylation sites is 1. The predicted octanol–water partition coefficient (Wildman–Crippen LogP) is 0.231. The molecule has 0 spiro atoms. The second-order valence-corrected chi connectivity index (χ2v) is 6.40. The predicted molar refractivity (Wildman–Crippen MR) is 99.3 cm³/mol. The highest BCUT2D eigenvalue weighted by Gasteiger charge is 2.30. The van der Waals surface area contributed by atoms with Crippen molar-refractivity contribution in [2.24, 2.45) is 0 Å². The minimum absolute atomic E-state index is 0.169. The van der Waals surface area contributed by atoms with E-state index in [0.717, 1.165) is 0 Å². The summed E-state index contributed by atoms with van der Waals surface area (Å²) in [5, 5.41) is 8.24. The quantitative estimate of drug-likeness (QED) is 0.647. The summed E-state index contributed by atoms with van der Waals surface area (Å²) < 4.78 is 1.32. The Hall–Kier alpha value is -3.07. The minimum atomic E-state index is -0.777. The zero-order valence-electron chi connectivity index (χ0n) is 15.2. The van der Waals surface area contributed by atoms with Gasteiger partial charge in [0, 0.05) is 19.4 Å². The number of carbonyl (C=O) groups excluding carboxylic acids is 3. The van der Waals surface area contributed by atoms with Crippen LogP contribution >= 0.6 is 0 Å². The monoisotopic (exact) mass is 371 g/mol. The maximum Gasteiger partial charge on any atom is 0.262 e. The van der Waals surface area contributed by atoms with Gasteiger partial charge in [0.05, 0.1) is 11.1 Å². The zero-order chi connectivity index (χ0) is 19.6. The van der Waals surface area contributed by atoms with Crippen LogP contribution in [-0.4, -0.2) is 40.9 Å². The molecule has 1 aliphatic rings. The SMILES string of the molecule is CNCCC(=O)Nc1cccc2c(=O)n(C3CCC(=O)NC3=O)c(C)nc12. The number of nitrogens with zero attached hydrogens (tertiary/aromatic N) is 2. The van der Waals surface area contributed by atoms with E-state index < -0.39 is 11.9 Å². The number of nitrogens with one attached hydrogen (secondary N) is 3. The highest BCUT2D eigenvalue weighted by atomic mass is 16.2. The van der Waals surface area contributed by atoms with E-state index in [4.69, 9.17) is 0 Å². The lowest BCUT2D eigenvalue weighted by Gasteiger charge is -2.24. The van der Waals surface area contributed by atoms with Crippen LogP contribution in [0, 0.1) is 6.92 Å². The molecule has 1 saturated heterocycles. The fraction of sp³-hybridized carbons (Fsp3) is 0.389. The molecule has 2 aromatic rings. The van der Waals surface area contributed by atoms with Crippen molar-refractivity contribution >= 4 is 34.3 Å². The maximum atomic E-state index is 13.0. The second-order valence-electron chi connectivity index (χ2n) is 6.40. The van der Waals surface area contributed by atoms with Crippen molar-refractivity contribution in [3.63, 3.8) is 0 Å². The Bertz CT molecular complexity index is 982. The molecular weight excluding hydrogens is 350 g/mol. The summed E-state index contributed by atoms with van der Waals surface area (Å²) in [4.78, 5) is 53.1. The molecule has 27 heavy (non-hydrogen) atoms. The number of amides is 3. The molecule has 0 saturated carbocycles. The van der Waals surface area contributed by atoms with E-state index in [1.54, 1.807) is 32.2 Å². The molecule has 0 bridgehead atoms. The molecule has 1 atom stereocenters. The topological polar surface area (TPSA) is 122 Å². The van der Waals surface area contributed by atoms with Crippen molar-refractivity contribution in [1.29, 1.82) is 0 Å². The van der Waals surface area contributed by atoms with Crippen LogP contribution in [-0.2, 0) is 14.4 Å². The molecule has 0 radical (unpaired) electrons. The van der Waals surface area contributed by atoms with Crippen LogP contribution in [0.1, 0.15) is 31.1 Å². The van der Waals surface area contributed by atoms with Crippen molar-refractivity contribution in [2.45, 2.75) is 32.2 Å². The molecule has 1 unspecified atom stereocenters. The van der Waals surface area contributed by atoms with Crippen LogP contribution in [0.15, 0.2) is 23.0 Å². The smallest absolute Gasteiger partial charge is 0.262 e. The fourth-order valence-corrected chi connectivity index (χ4v) is 3.18. The number of fused-ring (bicyclic) bond motifs is 1. The lowest BCUT2D eigenvalue weighted by molar-refractivity contribution is -0.135. The van der Waals surface area contributed by atoms with E-state index in [2.05, 4.69) is 20.9 Å². The fourth-order valence-electron chi connectivity index (χ4n) is 3.18. The zero-order valence-corrected chi connectivity index (χ0v) is 15.2. The molecule has 3 N–H and O–H groups in total. The van der Waals surface area contributed by atoms with Gasteiger partial charge < -0.3 is 10.6 Å². The molecule has 1 aromatic carbocycles. The summed E-state index contributed by atoms with van der Waals surface area (Å²) in [6.07, 6.45) is 0.708. The number of hydrogen-bond acceptors (Lipinski definition) is 6. The Kier molecular flexibility index (Phi) is 5.31. The molecular formula is C18H21N5O4. The highest BCUT2D eigenvalue weighted by molar-refractivity contribution is 6.01. The summed E-state index contributed by atoms with van der Waals surface area (Å²) in [5.74, 6) is -0.694. The number of benzene rings is 1. The van der Waals surface area contributed by atoms with Crippen molar-refractivity contribution in [3.05, 3.63) is 34.4 Å². The van der Waals surface area contributed by atoms with Gasteiger partial charge in [0.25, 0.3) is 5.56 Å². The Morgan fingerprint density at radius 3 is 2.81 bits per heavy atom. The first-order chi connectivity index (χ1) is 12.9. The number of hydrogen-bond donors (Lipinski definition) is 3. The van der Waals surface area contributed by atoms with E-state index in [1.807, 2.05) is 0 Å². The summed E-state index contributed by atoms with van der Waals surface area (Å²) in [7, 11) is 1.76. The minimum Gasteiger partial charge on any atom is -0.324 e. The number of carbonyl (C=O) groups is 3. The second kappa shape index (κ2) is 7.67. The van der Waals surface area contributed by atoms with Gasteiger partial charge in [0.2, 0.25) is 17.7 Å². The van der Waals surface area contributed by atoms with Gasteiger partial charge in [0.15, 0.2) is 0 Å². The van der Waals surface area contributed by atoms with Crippen LogP contribution < -0.4 is 21.5 Å². The van der Waals surface area contributed by atoms with Crippen molar-refractivity contribution < 1.29 is 14.4 Å². The first-order valence-corrected chi connectivity index (χ1v) is 8.72. The molecule has 9 heteroatoms. The molecule has 142 valence electrons. The van der Waals surface area contributed by atoms with E-state index in [9.17, 15) is 19.2 Å². The van der Waals surface area contributed by atoms with Gasteiger partial charge in [-0.3, -0.25) is 29.1 Å². The number of rotatable bonds is 5. The third-order valence-electron chi connectivity index (χ3n) is 4.51. The lowest BCUT2D eigenvalue weighted by atomic mass is 10.1. The van der Waals surface area contributed by atoms with Crippen LogP contribution in [0.5, 0.6) is 0 Å². The molecule has 9 nitrogen and oxygen atoms in total. The highest BCUT2D eigenvalue weighted by Crippen LogP contribution is 2.23. The summed E-state index contributed by atoms with van der Waals surface area (Å²) >= 11 is 0. The normalized spacial score (nSPS) is 17.0. The molecule has 1 fully saturated rings. The molecule has 1 aliphatic heterocycles. The van der Waals surface area contributed by atoms with Gasteiger partial charge in [-0.25, -0.2) is 4.98 Å². The van der Waals surface area contributed by atoms with E-state index in [-0.39, 0.29) is 30.2 Å². The maximum absolute atomic E-state index is 13.0. The molecule has 2 heterocycles. The number of anilines is 1. The first kappa shape index (κ1) is 18.7. The number of piperidine rings is 1. The Labute approximate surface area is 155 Å². The van der Waals surface area contributed by atoms with Gasteiger partial charge in [-0.2, -0.15) is 0 Å². The molecule has 1 aromatic heterocycles. The van der Waals surface area contributed by atoms with Crippen LogP contribution in [0.2, 0.25) is 0 Å². The number of aryl methyl sites for hydroxylation is 1. The largest absolute Gasteiger partial charge is 0.324 e. The van der Waals surface area contributed by atoms with E-state index >= 15 is 0 Å². The van der Waals surface area contributed by atoms with Crippen molar-refractivity contribution in [3.8, 4) is 0 Å². The number of imide groups is 1. The van der Waals surface area contributed by atoms with E-state index in [1.165, 1.54) is 4.57 Å². The summed E-state index contributed by atoms with van der Waals surface area (Å²) in [5.41, 5.74) is 0.448. The lowest BCUT2D eigenvalue weighted by Crippen LogP contribution is -2.45. The number of aromatic nitrogens is 2. The van der Waals surface area contributed by atoms with Gasteiger partial charge in [0.1, 0.15) is 17.4 Å². The Balaban J connectivity index is 2.03. The van der Waals surface area contributed by atoms with Crippen LogP contribution in [0.3, 0.4) is 0 Å². The van der Waals surface area contributed by atoms with Gasteiger partial charge >= 0.3 is 0 Å². The third-order valence-corrected chi connectivity index (χ3v) is 4.51. The Morgan fingerprint density at radius 1 is 1.33 bits per heavy atom. The van der Waals surface area contributed by atoms with Crippen LogP contribution in [0.25, 0.3) is 10.9 Å². The van der Waals surface area contributed by atoms with Gasteiger partial charge in [-0.15, -0.1) is 0 Å². The molecule has 3 rings (SSSR count). The van der Waals surface area contributed by atoms with Gasteiger partial charge in [-0.05, 0) is 32.5 Å². The van der Waals surface area contributed by atoms with E-state index in [0.29, 0.717) is 35.4 Å².